The van der Waals surface area contributed by atoms with Crippen LogP contribution >= 0.6 is 11.6 Å². The maximum Gasteiger partial charge on any atom is 0.243 e. The molecule has 8 nitrogen and oxygen atoms in total. The number of nitrogens with zero attached hydrogens (tertiary/aromatic N) is 5. The molecule has 10 heteroatoms. The lowest BCUT2D eigenvalue weighted by Crippen LogP contribution is -2.49. The number of halogens is 1. The van der Waals surface area contributed by atoms with Crippen LogP contribution < -0.4 is 4.90 Å². The van der Waals surface area contributed by atoms with Crippen molar-refractivity contribution < 1.29 is 12.8 Å². The third kappa shape index (κ3) is 4.64. The minimum absolute atomic E-state index is 0.300. The van der Waals surface area contributed by atoms with Crippen LogP contribution in [0.1, 0.15) is 5.56 Å². The number of rotatable bonds is 5. The summed E-state index contributed by atoms with van der Waals surface area (Å²) in [4.78, 5) is 16.5. The average Bonchev–Trinajstić information content (AvgIpc) is 3.38. The van der Waals surface area contributed by atoms with Gasteiger partial charge in [-0.3, -0.25) is 0 Å². The lowest BCUT2D eigenvalue weighted by molar-refractivity contribution is 0.383. The summed E-state index contributed by atoms with van der Waals surface area (Å²) in [7, 11) is -3.59. The van der Waals surface area contributed by atoms with Gasteiger partial charge in [0.1, 0.15) is 0 Å². The molecular formula is C28H24ClN5O3S. The number of anilines is 1. The highest BCUT2D eigenvalue weighted by atomic mass is 35.5. The van der Waals surface area contributed by atoms with Crippen LogP contribution in [-0.2, 0) is 10.0 Å². The zero-order chi connectivity index (χ0) is 26.3. The minimum atomic E-state index is -3.59. The molecule has 0 radical (unpaired) electrons. The Morgan fingerprint density at radius 2 is 1.47 bits per heavy atom. The highest BCUT2D eigenvalue weighted by Crippen LogP contribution is 2.33. The zero-order valence-electron chi connectivity index (χ0n) is 20.6. The first kappa shape index (κ1) is 24.5. The van der Waals surface area contributed by atoms with Crippen LogP contribution in [0, 0.1) is 6.92 Å². The van der Waals surface area contributed by atoms with Gasteiger partial charge in [0, 0.05) is 42.3 Å². The van der Waals surface area contributed by atoms with E-state index in [0.29, 0.717) is 64.9 Å². The number of sulfonamides is 1. The van der Waals surface area contributed by atoms with Crippen molar-refractivity contribution in [1.29, 1.82) is 0 Å². The fourth-order valence-electron chi connectivity index (χ4n) is 4.46. The summed E-state index contributed by atoms with van der Waals surface area (Å²) < 4.78 is 34.2. The summed E-state index contributed by atoms with van der Waals surface area (Å²) >= 11 is 6.09. The monoisotopic (exact) mass is 545 g/mol. The van der Waals surface area contributed by atoms with E-state index in [1.54, 1.807) is 24.3 Å². The molecule has 0 saturated carbocycles. The molecule has 0 spiro atoms. The van der Waals surface area contributed by atoms with Crippen molar-refractivity contribution in [3.63, 3.8) is 0 Å². The number of piperazine rings is 1. The summed E-state index contributed by atoms with van der Waals surface area (Å²) in [6.07, 6.45) is 0. The van der Waals surface area contributed by atoms with E-state index in [2.05, 4.69) is 9.97 Å². The normalized spacial score (nSPS) is 14.7. The zero-order valence-corrected chi connectivity index (χ0v) is 22.2. The van der Waals surface area contributed by atoms with Gasteiger partial charge in [-0.1, -0.05) is 47.5 Å². The van der Waals surface area contributed by atoms with Crippen LogP contribution in [-0.4, -0.2) is 53.9 Å². The Balaban J connectivity index is 1.36. The highest BCUT2D eigenvalue weighted by molar-refractivity contribution is 7.89. The molecule has 0 aliphatic carbocycles. The SMILES string of the molecule is Cc1ccc(S(=O)(=O)N2CCN(c3nc(-c4ccc(Cl)cc4)nc4nc(-c5ccccc5)oc34)CC2)cc1. The number of benzene rings is 3. The fourth-order valence-corrected chi connectivity index (χ4v) is 6.00. The summed E-state index contributed by atoms with van der Waals surface area (Å²) in [6, 6.07) is 23.8. The molecule has 38 heavy (non-hydrogen) atoms. The van der Waals surface area contributed by atoms with Crippen molar-refractivity contribution in [1.82, 2.24) is 19.3 Å². The van der Waals surface area contributed by atoms with Crippen molar-refractivity contribution in [2.45, 2.75) is 11.8 Å². The smallest absolute Gasteiger partial charge is 0.243 e. The molecule has 1 saturated heterocycles. The van der Waals surface area contributed by atoms with Crippen LogP contribution in [0.5, 0.6) is 0 Å². The Morgan fingerprint density at radius 3 is 2.16 bits per heavy atom. The molecule has 1 aliphatic heterocycles. The van der Waals surface area contributed by atoms with E-state index in [4.69, 9.17) is 21.0 Å². The summed E-state index contributed by atoms with van der Waals surface area (Å²) in [5, 5.41) is 0.619. The molecule has 0 N–H and O–H groups in total. The number of hydrogen-bond donors (Lipinski definition) is 0. The Hall–Kier alpha value is -3.79. The van der Waals surface area contributed by atoms with Gasteiger partial charge in [-0.2, -0.15) is 9.29 Å². The van der Waals surface area contributed by atoms with Crippen LogP contribution in [0.15, 0.2) is 88.2 Å². The van der Waals surface area contributed by atoms with E-state index >= 15 is 0 Å². The van der Waals surface area contributed by atoms with E-state index < -0.39 is 10.0 Å². The molecule has 0 atom stereocenters. The van der Waals surface area contributed by atoms with Crippen molar-refractivity contribution in [2.75, 3.05) is 31.1 Å². The molecule has 5 aromatic rings. The second-order valence-corrected chi connectivity index (χ2v) is 11.5. The second-order valence-electron chi connectivity index (χ2n) is 9.12. The molecule has 2 aromatic heterocycles. The van der Waals surface area contributed by atoms with Crippen molar-refractivity contribution in [2.24, 2.45) is 0 Å². The number of hydrogen-bond acceptors (Lipinski definition) is 7. The number of oxazole rings is 1. The average molecular weight is 546 g/mol. The van der Waals surface area contributed by atoms with E-state index in [-0.39, 0.29) is 0 Å². The van der Waals surface area contributed by atoms with Gasteiger partial charge in [-0.05, 0) is 55.5 Å². The molecule has 0 bridgehead atoms. The molecule has 6 rings (SSSR count). The molecule has 0 amide bonds. The van der Waals surface area contributed by atoms with Gasteiger partial charge < -0.3 is 9.32 Å². The lowest BCUT2D eigenvalue weighted by Gasteiger charge is -2.34. The van der Waals surface area contributed by atoms with Crippen LogP contribution in [0.4, 0.5) is 5.82 Å². The van der Waals surface area contributed by atoms with E-state index in [1.165, 1.54) is 4.31 Å². The summed E-state index contributed by atoms with van der Waals surface area (Å²) in [5.41, 5.74) is 3.55. The van der Waals surface area contributed by atoms with Gasteiger partial charge >= 0.3 is 0 Å². The van der Waals surface area contributed by atoms with E-state index in [0.717, 1.165) is 16.7 Å². The molecule has 1 aliphatic rings. The second kappa shape index (κ2) is 9.83. The van der Waals surface area contributed by atoms with Gasteiger partial charge in [0.05, 0.1) is 4.90 Å². The molecule has 192 valence electrons. The Bertz CT molecular complexity index is 1700. The molecule has 3 aromatic carbocycles. The van der Waals surface area contributed by atoms with Crippen molar-refractivity contribution in [3.05, 3.63) is 89.4 Å². The standard InChI is InChI=1S/C28H24ClN5O3S/c1-19-7-13-23(14-8-19)38(35,36)34-17-15-33(16-18-34)27-24-26(32-28(37-24)21-5-3-2-4-6-21)30-25(31-27)20-9-11-22(29)12-10-20/h2-14H,15-18H2,1H3. The Kier molecular flexibility index (Phi) is 6.35. The molecule has 1 fully saturated rings. The topological polar surface area (TPSA) is 92.4 Å². The van der Waals surface area contributed by atoms with Gasteiger partial charge in [-0.15, -0.1) is 0 Å². The lowest BCUT2D eigenvalue weighted by atomic mass is 10.2. The van der Waals surface area contributed by atoms with Crippen molar-refractivity contribution in [3.8, 4) is 22.8 Å². The first-order valence-electron chi connectivity index (χ1n) is 12.2. The highest BCUT2D eigenvalue weighted by Gasteiger charge is 2.31. The fraction of sp³-hybridized carbons (Fsp3) is 0.179. The summed E-state index contributed by atoms with van der Waals surface area (Å²) in [5.74, 6) is 1.53. The van der Waals surface area contributed by atoms with Gasteiger partial charge in [0.25, 0.3) is 0 Å². The first-order valence-corrected chi connectivity index (χ1v) is 14.0. The number of aromatic nitrogens is 3. The third-order valence-electron chi connectivity index (χ3n) is 6.56. The molecular weight excluding hydrogens is 522 g/mol. The van der Waals surface area contributed by atoms with Gasteiger partial charge in [0.2, 0.25) is 27.1 Å². The van der Waals surface area contributed by atoms with Crippen molar-refractivity contribution >= 4 is 38.7 Å². The van der Waals surface area contributed by atoms with Crippen LogP contribution in [0.3, 0.4) is 0 Å². The Labute approximate surface area is 225 Å². The maximum absolute atomic E-state index is 13.2. The maximum atomic E-state index is 13.2. The van der Waals surface area contributed by atoms with E-state index in [9.17, 15) is 8.42 Å². The molecule has 0 unspecified atom stereocenters. The molecule has 3 heterocycles. The Morgan fingerprint density at radius 1 is 0.789 bits per heavy atom. The van der Waals surface area contributed by atoms with Gasteiger partial charge in [-0.25, -0.2) is 18.4 Å². The quantitative estimate of drug-likeness (QED) is 0.291. The van der Waals surface area contributed by atoms with E-state index in [1.807, 2.05) is 66.4 Å². The third-order valence-corrected chi connectivity index (χ3v) is 8.72. The predicted molar refractivity (Wildman–Crippen MR) is 148 cm³/mol. The first-order chi connectivity index (χ1) is 18.4. The largest absolute Gasteiger partial charge is 0.430 e. The number of fused-ring (bicyclic) bond motifs is 1. The van der Waals surface area contributed by atoms with Crippen LogP contribution in [0.25, 0.3) is 34.1 Å². The van der Waals surface area contributed by atoms with Crippen LogP contribution in [0.2, 0.25) is 5.02 Å². The summed E-state index contributed by atoms with van der Waals surface area (Å²) in [6.45, 7) is 3.45. The minimum Gasteiger partial charge on any atom is -0.430 e. The predicted octanol–water partition coefficient (Wildman–Crippen LogP) is 5.42. The van der Waals surface area contributed by atoms with Gasteiger partial charge in [0.15, 0.2) is 11.6 Å². The number of aryl methyl sites for hydroxylation is 1.